The minimum atomic E-state index is -3.00. The molecule has 0 saturated carbocycles. The molecular weight excluding hydrogens is 272 g/mol. The van der Waals surface area contributed by atoms with Crippen molar-refractivity contribution in [3.8, 4) is 0 Å². The molecule has 5 heteroatoms. The van der Waals surface area contributed by atoms with E-state index in [4.69, 9.17) is 5.73 Å². The maximum Gasteiger partial charge on any atom is 0.152 e. The Labute approximate surface area is 121 Å². The molecule has 4 nitrogen and oxygen atoms in total. The number of nitrogens with zero attached hydrogens (tertiary/aromatic N) is 1. The van der Waals surface area contributed by atoms with Crippen LogP contribution in [0.25, 0.3) is 0 Å². The molecule has 1 aromatic rings. The average Bonchev–Trinajstić information content (AvgIpc) is 2.38. The van der Waals surface area contributed by atoms with Crippen molar-refractivity contribution in [3.63, 3.8) is 0 Å². The molecule has 1 atom stereocenters. The Bertz CT molecular complexity index is 571. The van der Waals surface area contributed by atoms with Crippen molar-refractivity contribution in [2.24, 2.45) is 5.73 Å². The van der Waals surface area contributed by atoms with Gasteiger partial charge in [0.05, 0.1) is 17.0 Å². The zero-order chi connectivity index (χ0) is 14.8. The van der Waals surface area contributed by atoms with Gasteiger partial charge in [0.1, 0.15) is 0 Å². The molecule has 1 aliphatic rings. The van der Waals surface area contributed by atoms with E-state index in [0.717, 1.165) is 18.7 Å². The SMILES string of the molecule is CCN(c1cccc(C)c1)C1(CN)CCCS(=O)(=O)C1. The second-order valence-electron chi connectivity index (χ2n) is 5.71. The van der Waals surface area contributed by atoms with Crippen LogP contribution in [0.15, 0.2) is 24.3 Å². The molecule has 112 valence electrons. The monoisotopic (exact) mass is 296 g/mol. The third kappa shape index (κ3) is 2.99. The largest absolute Gasteiger partial charge is 0.364 e. The van der Waals surface area contributed by atoms with Gasteiger partial charge in [0.25, 0.3) is 0 Å². The minimum absolute atomic E-state index is 0.165. The summed E-state index contributed by atoms with van der Waals surface area (Å²) in [6, 6.07) is 8.19. The Morgan fingerprint density at radius 1 is 1.40 bits per heavy atom. The van der Waals surface area contributed by atoms with Crippen molar-refractivity contribution in [1.82, 2.24) is 0 Å². The molecule has 0 bridgehead atoms. The normalized spacial score (nSPS) is 25.4. The van der Waals surface area contributed by atoms with E-state index in [1.54, 1.807) is 0 Å². The molecule has 0 radical (unpaired) electrons. The van der Waals surface area contributed by atoms with Gasteiger partial charge in [0, 0.05) is 18.8 Å². The number of anilines is 1. The molecule has 0 spiro atoms. The third-order valence-electron chi connectivity index (χ3n) is 4.17. The Morgan fingerprint density at radius 3 is 2.70 bits per heavy atom. The third-order valence-corrected chi connectivity index (χ3v) is 6.06. The highest BCUT2D eigenvalue weighted by atomic mass is 32.2. The van der Waals surface area contributed by atoms with Crippen LogP contribution in [0, 0.1) is 6.92 Å². The molecule has 1 fully saturated rings. The first-order valence-electron chi connectivity index (χ1n) is 7.17. The highest BCUT2D eigenvalue weighted by Crippen LogP contribution is 2.32. The summed E-state index contributed by atoms with van der Waals surface area (Å²) in [6.07, 6.45) is 1.53. The lowest BCUT2D eigenvalue weighted by molar-refractivity contribution is 0.386. The van der Waals surface area contributed by atoms with Gasteiger partial charge < -0.3 is 10.6 Å². The fourth-order valence-electron chi connectivity index (χ4n) is 3.25. The van der Waals surface area contributed by atoms with Crippen LogP contribution in [-0.4, -0.2) is 38.6 Å². The first kappa shape index (κ1) is 15.3. The molecule has 0 aliphatic carbocycles. The highest BCUT2D eigenvalue weighted by Gasteiger charge is 2.42. The molecule has 1 saturated heterocycles. The van der Waals surface area contributed by atoms with Crippen molar-refractivity contribution in [2.45, 2.75) is 32.2 Å². The summed E-state index contributed by atoms with van der Waals surface area (Å²) in [5.41, 5.74) is 7.78. The van der Waals surface area contributed by atoms with Gasteiger partial charge in [0.15, 0.2) is 9.84 Å². The number of aryl methyl sites for hydroxylation is 1. The van der Waals surface area contributed by atoms with Crippen LogP contribution in [-0.2, 0) is 9.84 Å². The lowest BCUT2D eigenvalue weighted by atomic mass is 9.92. The Kier molecular flexibility index (Phi) is 4.39. The summed E-state index contributed by atoms with van der Waals surface area (Å²) >= 11 is 0. The van der Waals surface area contributed by atoms with Crippen molar-refractivity contribution in [2.75, 3.05) is 29.5 Å². The predicted molar refractivity (Wildman–Crippen MR) is 83.9 cm³/mol. The Morgan fingerprint density at radius 2 is 2.15 bits per heavy atom. The number of hydrogen-bond donors (Lipinski definition) is 1. The quantitative estimate of drug-likeness (QED) is 0.919. The maximum absolute atomic E-state index is 12.1. The van der Waals surface area contributed by atoms with Crippen LogP contribution in [0.2, 0.25) is 0 Å². The van der Waals surface area contributed by atoms with Crippen molar-refractivity contribution in [1.29, 1.82) is 0 Å². The van der Waals surface area contributed by atoms with E-state index in [2.05, 4.69) is 17.9 Å². The van der Waals surface area contributed by atoms with Gasteiger partial charge in [-0.15, -0.1) is 0 Å². The lowest BCUT2D eigenvalue weighted by Gasteiger charge is -2.46. The van der Waals surface area contributed by atoms with E-state index < -0.39 is 15.4 Å². The van der Waals surface area contributed by atoms with Crippen LogP contribution in [0.4, 0.5) is 5.69 Å². The van der Waals surface area contributed by atoms with E-state index in [1.807, 2.05) is 25.1 Å². The molecule has 1 aliphatic heterocycles. The summed E-state index contributed by atoms with van der Waals surface area (Å²) in [5, 5.41) is 0. The number of sulfone groups is 1. The zero-order valence-electron chi connectivity index (χ0n) is 12.3. The molecule has 2 rings (SSSR count). The zero-order valence-corrected chi connectivity index (χ0v) is 13.1. The topological polar surface area (TPSA) is 63.4 Å². The second kappa shape index (κ2) is 5.74. The summed E-state index contributed by atoms with van der Waals surface area (Å²) < 4.78 is 24.1. The van der Waals surface area contributed by atoms with E-state index in [0.29, 0.717) is 18.7 Å². The molecule has 1 aromatic carbocycles. The van der Waals surface area contributed by atoms with Crippen LogP contribution in [0.5, 0.6) is 0 Å². The molecule has 1 heterocycles. The first-order chi connectivity index (χ1) is 9.42. The number of rotatable bonds is 4. The average molecular weight is 296 g/mol. The van der Waals surface area contributed by atoms with E-state index in [-0.39, 0.29) is 5.75 Å². The predicted octanol–water partition coefficient (Wildman–Crippen LogP) is 1.73. The van der Waals surface area contributed by atoms with Crippen molar-refractivity contribution < 1.29 is 8.42 Å². The molecule has 2 N–H and O–H groups in total. The van der Waals surface area contributed by atoms with Crippen LogP contribution in [0.3, 0.4) is 0 Å². The molecule has 0 amide bonds. The molecule has 1 unspecified atom stereocenters. The van der Waals surface area contributed by atoms with Crippen LogP contribution in [0.1, 0.15) is 25.3 Å². The van der Waals surface area contributed by atoms with Gasteiger partial charge in [-0.2, -0.15) is 0 Å². The number of hydrogen-bond acceptors (Lipinski definition) is 4. The van der Waals surface area contributed by atoms with E-state index in [1.165, 1.54) is 5.56 Å². The minimum Gasteiger partial charge on any atom is -0.364 e. The molecular formula is C15H24N2O2S. The molecule has 20 heavy (non-hydrogen) atoms. The number of nitrogens with two attached hydrogens (primary N) is 1. The fraction of sp³-hybridized carbons (Fsp3) is 0.600. The van der Waals surface area contributed by atoms with Crippen molar-refractivity contribution in [3.05, 3.63) is 29.8 Å². The van der Waals surface area contributed by atoms with Gasteiger partial charge in [0.2, 0.25) is 0 Å². The second-order valence-corrected chi connectivity index (χ2v) is 7.89. The fourth-order valence-corrected chi connectivity index (χ4v) is 5.21. The van der Waals surface area contributed by atoms with Crippen molar-refractivity contribution >= 4 is 15.5 Å². The Hall–Kier alpha value is -1.07. The van der Waals surface area contributed by atoms with Crippen LogP contribution < -0.4 is 10.6 Å². The summed E-state index contributed by atoms with van der Waals surface area (Å²) in [7, 11) is -3.00. The lowest BCUT2D eigenvalue weighted by Crippen LogP contribution is -2.60. The standard InChI is InChI=1S/C15H24N2O2S/c1-3-17(14-7-4-6-13(2)10-14)15(11-16)8-5-9-20(18,19)12-15/h4,6-7,10H,3,5,8-9,11-12,16H2,1-2H3. The summed E-state index contributed by atoms with van der Waals surface area (Å²) in [5.74, 6) is 0.457. The van der Waals surface area contributed by atoms with Gasteiger partial charge in [-0.1, -0.05) is 12.1 Å². The van der Waals surface area contributed by atoms with Crippen LogP contribution >= 0.6 is 0 Å². The van der Waals surface area contributed by atoms with Gasteiger partial charge in [-0.25, -0.2) is 8.42 Å². The van der Waals surface area contributed by atoms with E-state index in [9.17, 15) is 8.42 Å². The van der Waals surface area contributed by atoms with Gasteiger partial charge in [-0.05, 0) is 44.4 Å². The number of benzene rings is 1. The first-order valence-corrected chi connectivity index (χ1v) is 8.99. The maximum atomic E-state index is 12.1. The van der Waals surface area contributed by atoms with Gasteiger partial charge >= 0.3 is 0 Å². The highest BCUT2D eigenvalue weighted by molar-refractivity contribution is 7.91. The number of likely N-dealkylation sites (N-methyl/N-ethyl adjacent to an activating group) is 1. The summed E-state index contributed by atoms with van der Waals surface area (Å²) in [6.45, 7) is 5.23. The van der Waals surface area contributed by atoms with E-state index >= 15 is 0 Å². The summed E-state index contributed by atoms with van der Waals surface area (Å²) in [4.78, 5) is 2.18. The van der Waals surface area contributed by atoms with Gasteiger partial charge in [-0.3, -0.25) is 0 Å². The molecule has 0 aromatic heterocycles. The smallest absolute Gasteiger partial charge is 0.152 e. The Balaban J connectivity index is 2.42.